The molecule has 3 rings (SSSR count). The molecule has 0 saturated carbocycles. The Morgan fingerprint density at radius 2 is 1.77 bits per heavy atom. The first-order valence-corrected chi connectivity index (χ1v) is 10.3. The van der Waals surface area contributed by atoms with E-state index in [4.69, 9.17) is 4.74 Å². The van der Waals surface area contributed by atoms with Gasteiger partial charge < -0.3 is 14.7 Å². The molecule has 0 radical (unpaired) electrons. The first kappa shape index (κ1) is 22.5. The summed E-state index contributed by atoms with van der Waals surface area (Å²) >= 11 is 0. The fourth-order valence-electron chi connectivity index (χ4n) is 3.85. The first-order valence-electron chi connectivity index (χ1n) is 10.3. The molecule has 5 nitrogen and oxygen atoms in total. The van der Waals surface area contributed by atoms with Gasteiger partial charge in [-0.15, -0.1) is 0 Å². The lowest BCUT2D eigenvalue weighted by Gasteiger charge is -2.25. The van der Waals surface area contributed by atoms with Crippen LogP contribution in [-0.4, -0.2) is 35.4 Å². The molecule has 1 fully saturated rings. The Morgan fingerprint density at radius 1 is 1.13 bits per heavy atom. The van der Waals surface area contributed by atoms with E-state index in [1.165, 1.54) is 36.3 Å². The van der Waals surface area contributed by atoms with Crippen molar-refractivity contribution in [1.82, 2.24) is 4.90 Å². The average Bonchev–Trinajstić information content (AvgIpc) is 2.98. The van der Waals surface area contributed by atoms with Crippen molar-refractivity contribution in [2.75, 3.05) is 13.7 Å². The van der Waals surface area contributed by atoms with Gasteiger partial charge in [-0.2, -0.15) is 0 Å². The molecule has 31 heavy (non-hydrogen) atoms. The van der Waals surface area contributed by atoms with Gasteiger partial charge in [0.05, 0.1) is 24.3 Å². The van der Waals surface area contributed by atoms with E-state index in [0.717, 1.165) is 5.56 Å². The van der Waals surface area contributed by atoms with Crippen molar-refractivity contribution in [3.63, 3.8) is 0 Å². The van der Waals surface area contributed by atoms with Crippen LogP contribution in [0.4, 0.5) is 4.39 Å². The third kappa shape index (κ3) is 4.20. The van der Waals surface area contributed by atoms with Crippen molar-refractivity contribution in [3.05, 3.63) is 70.5 Å². The molecule has 1 unspecified atom stereocenters. The summed E-state index contributed by atoms with van der Waals surface area (Å²) in [5.41, 5.74) is 1.62. The van der Waals surface area contributed by atoms with Crippen LogP contribution < -0.4 is 4.74 Å². The van der Waals surface area contributed by atoms with Crippen molar-refractivity contribution >= 4 is 17.4 Å². The topological polar surface area (TPSA) is 66.8 Å². The number of likely N-dealkylation sites (tertiary alicyclic amines) is 1. The number of methoxy groups -OCH3 is 1. The highest BCUT2D eigenvalue weighted by molar-refractivity contribution is 6.46. The molecule has 1 aliphatic rings. The van der Waals surface area contributed by atoms with E-state index in [0.29, 0.717) is 29.8 Å². The van der Waals surface area contributed by atoms with Gasteiger partial charge in [-0.1, -0.05) is 45.9 Å². The Bertz CT molecular complexity index is 1030. The number of nitrogens with zero attached hydrogens (tertiary/aromatic N) is 1. The maximum Gasteiger partial charge on any atom is 0.295 e. The molecule has 1 N–H and O–H groups in total. The maximum atomic E-state index is 13.5. The van der Waals surface area contributed by atoms with Crippen LogP contribution in [0.3, 0.4) is 0 Å². The second-order valence-electron chi connectivity index (χ2n) is 8.71. The predicted molar refractivity (Wildman–Crippen MR) is 117 cm³/mol. The van der Waals surface area contributed by atoms with Gasteiger partial charge in [0, 0.05) is 6.54 Å². The van der Waals surface area contributed by atoms with Crippen molar-refractivity contribution in [1.29, 1.82) is 0 Å². The third-order valence-electron chi connectivity index (χ3n) is 5.51. The zero-order valence-electron chi connectivity index (χ0n) is 18.5. The molecule has 2 aromatic rings. The summed E-state index contributed by atoms with van der Waals surface area (Å²) in [6.07, 6.45) is 0.633. The molecular formula is C25H28FNO4. The smallest absolute Gasteiger partial charge is 0.295 e. The Labute approximate surface area is 182 Å². The molecule has 1 amide bonds. The summed E-state index contributed by atoms with van der Waals surface area (Å²) in [5.74, 6) is -1.76. The van der Waals surface area contributed by atoms with Crippen LogP contribution in [-0.2, 0) is 15.0 Å². The number of ketones is 1. The lowest BCUT2D eigenvalue weighted by Crippen LogP contribution is -2.30. The van der Waals surface area contributed by atoms with E-state index >= 15 is 0 Å². The third-order valence-corrected chi connectivity index (χ3v) is 5.51. The van der Waals surface area contributed by atoms with Gasteiger partial charge in [0.15, 0.2) is 0 Å². The number of hydrogen-bond acceptors (Lipinski definition) is 4. The SMILES string of the molecule is CCCN1C(=O)C(=O)/C(=C(/O)c2cc(C(C)(C)C)ccc2OC)C1c1ccc(F)cc1. The summed E-state index contributed by atoms with van der Waals surface area (Å²) in [5, 5.41) is 11.3. The van der Waals surface area contributed by atoms with Gasteiger partial charge in [0.1, 0.15) is 17.3 Å². The molecule has 2 aromatic carbocycles. The van der Waals surface area contributed by atoms with Gasteiger partial charge in [-0.25, -0.2) is 4.39 Å². The second kappa shape index (κ2) is 8.53. The zero-order valence-corrected chi connectivity index (χ0v) is 18.5. The molecular weight excluding hydrogens is 397 g/mol. The highest BCUT2D eigenvalue weighted by atomic mass is 19.1. The number of ether oxygens (including phenoxy) is 1. The normalized spacial score (nSPS) is 18.5. The van der Waals surface area contributed by atoms with Crippen LogP contribution in [0, 0.1) is 5.82 Å². The Kier molecular flexibility index (Phi) is 6.20. The van der Waals surface area contributed by atoms with Crippen LogP contribution in [0.25, 0.3) is 5.76 Å². The van der Waals surface area contributed by atoms with Crippen LogP contribution in [0.2, 0.25) is 0 Å². The lowest BCUT2D eigenvalue weighted by molar-refractivity contribution is -0.139. The minimum Gasteiger partial charge on any atom is -0.507 e. The Morgan fingerprint density at radius 3 is 2.32 bits per heavy atom. The van der Waals surface area contributed by atoms with Crippen molar-refractivity contribution in [3.8, 4) is 5.75 Å². The molecule has 1 aliphatic heterocycles. The number of carbonyl (C=O) groups excluding carboxylic acids is 2. The predicted octanol–water partition coefficient (Wildman–Crippen LogP) is 4.96. The molecule has 164 valence electrons. The fourth-order valence-corrected chi connectivity index (χ4v) is 3.85. The van der Waals surface area contributed by atoms with E-state index in [1.54, 1.807) is 12.1 Å². The van der Waals surface area contributed by atoms with Crippen molar-refractivity contribution < 1.29 is 23.8 Å². The number of Topliss-reactive ketones (excluding diaryl/α,β-unsaturated/α-hetero) is 1. The molecule has 0 spiro atoms. The summed E-state index contributed by atoms with van der Waals surface area (Å²) in [6, 6.07) is 10.2. The summed E-state index contributed by atoms with van der Waals surface area (Å²) in [4.78, 5) is 27.2. The van der Waals surface area contributed by atoms with Crippen LogP contribution >= 0.6 is 0 Å². The molecule has 0 aromatic heterocycles. The highest BCUT2D eigenvalue weighted by Crippen LogP contribution is 2.41. The number of aliphatic hydroxyl groups excluding tert-OH is 1. The van der Waals surface area contributed by atoms with Crippen molar-refractivity contribution in [2.45, 2.75) is 45.6 Å². The lowest BCUT2D eigenvalue weighted by atomic mass is 9.85. The van der Waals surface area contributed by atoms with E-state index in [1.807, 2.05) is 33.8 Å². The van der Waals surface area contributed by atoms with Crippen molar-refractivity contribution in [2.24, 2.45) is 0 Å². The number of hydrogen-bond donors (Lipinski definition) is 1. The maximum absolute atomic E-state index is 13.5. The monoisotopic (exact) mass is 425 g/mol. The standard InChI is InChI=1S/C25H28FNO4/c1-6-13-27-21(15-7-10-17(26)11-8-15)20(23(29)24(27)30)22(28)18-14-16(25(2,3)4)9-12-19(18)31-5/h7-12,14,21,28H,6,13H2,1-5H3/b22-20+. The average molecular weight is 426 g/mol. The van der Waals surface area contributed by atoms with Crippen LogP contribution in [0.5, 0.6) is 5.75 Å². The van der Waals surface area contributed by atoms with Gasteiger partial charge >= 0.3 is 0 Å². The molecule has 0 aliphatic carbocycles. The highest BCUT2D eigenvalue weighted by Gasteiger charge is 2.46. The summed E-state index contributed by atoms with van der Waals surface area (Å²) in [6.45, 7) is 8.35. The van der Waals surface area contributed by atoms with E-state index in [-0.39, 0.29) is 16.7 Å². The van der Waals surface area contributed by atoms with Gasteiger partial charge in [-0.3, -0.25) is 9.59 Å². The minimum absolute atomic E-state index is 0.0191. The van der Waals surface area contributed by atoms with Crippen LogP contribution in [0.1, 0.15) is 56.8 Å². The zero-order chi connectivity index (χ0) is 22.9. The van der Waals surface area contributed by atoms with Crippen LogP contribution in [0.15, 0.2) is 48.0 Å². The second-order valence-corrected chi connectivity index (χ2v) is 8.71. The molecule has 6 heteroatoms. The number of benzene rings is 2. The Hall–Kier alpha value is -3.15. The van der Waals surface area contributed by atoms with Gasteiger partial charge in [-0.05, 0) is 47.2 Å². The molecule has 1 atom stereocenters. The molecule has 1 heterocycles. The van der Waals surface area contributed by atoms with E-state index < -0.39 is 23.5 Å². The number of aliphatic hydroxyl groups is 1. The first-order chi connectivity index (χ1) is 14.6. The number of rotatable bonds is 5. The van der Waals surface area contributed by atoms with Gasteiger partial charge in [0.2, 0.25) is 0 Å². The quantitative estimate of drug-likeness (QED) is 0.418. The largest absolute Gasteiger partial charge is 0.507 e. The minimum atomic E-state index is -0.802. The number of carbonyl (C=O) groups is 2. The fraction of sp³-hybridized carbons (Fsp3) is 0.360. The van der Waals surface area contributed by atoms with E-state index in [9.17, 15) is 19.1 Å². The Balaban J connectivity index is 2.27. The molecule has 0 bridgehead atoms. The summed E-state index contributed by atoms with van der Waals surface area (Å²) in [7, 11) is 1.48. The summed E-state index contributed by atoms with van der Waals surface area (Å²) < 4.78 is 19.0. The number of halogens is 1. The van der Waals surface area contributed by atoms with E-state index in [2.05, 4.69) is 0 Å². The molecule has 1 saturated heterocycles. The van der Waals surface area contributed by atoms with Gasteiger partial charge in [0.25, 0.3) is 11.7 Å². The number of amides is 1.